The van der Waals surface area contributed by atoms with Crippen LogP contribution in [0.15, 0.2) is 24.3 Å². The van der Waals surface area contributed by atoms with Gasteiger partial charge in [0, 0.05) is 50.3 Å². The predicted octanol–water partition coefficient (Wildman–Crippen LogP) is 10.0. The third kappa shape index (κ3) is 5.17. The average molecular weight is 591 g/mol. The van der Waals surface area contributed by atoms with Crippen LogP contribution in [0.2, 0.25) is 0 Å². The van der Waals surface area contributed by atoms with Crippen LogP contribution in [0, 0.1) is 0 Å². The zero-order chi connectivity index (χ0) is 28.6. The van der Waals surface area contributed by atoms with Gasteiger partial charge in [-0.3, -0.25) is 0 Å². The van der Waals surface area contributed by atoms with E-state index in [-0.39, 0.29) is 17.1 Å². The number of aromatic nitrogens is 4. The number of fused-ring (bicyclic) bond motifs is 8. The smallest absolute Gasteiger partial charge is 0.0726 e. The van der Waals surface area contributed by atoms with Gasteiger partial charge in [0.05, 0.1) is 22.8 Å². The Bertz CT molecular complexity index is 1680. The predicted molar refractivity (Wildman–Crippen MR) is 173 cm³/mol. The standard InChI is InChI=1S/C36H46N4.Fe/c1-9-23-25(11-3)33-29(15-7)35-27(13-5)28(14-6)36(40-35)30(16-8)34-26(12-4)24(10-2)32(39-34)20-22-18-17-21(37-22)19-31(23)38-33;/h17-20,37-38H,9-16H2,1-8H3;. The molecule has 0 saturated heterocycles. The molecule has 2 aliphatic rings. The molecule has 5 heteroatoms. The van der Waals surface area contributed by atoms with Gasteiger partial charge in [0.1, 0.15) is 0 Å². The summed E-state index contributed by atoms with van der Waals surface area (Å²) in [5, 5.41) is 0. The molecule has 0 aromatic carbocycles. The second-order valence-electron chi connectivity index (χ2n) is 10.9. The van der Waals surface area contributed by atoms with E-state index in [1.165, 1.54) is 67.0 Å². The number of nitrogens with one attached hydrogen (secondary N) is 2. The summed E-state index contributed by atoms with van der Waals surface area (Å²) in [6.45, 7) is 18.2. The van der Waals surface area contributed by atoms with Gasteiger partial charge in [-0.25, -0.2) is 9.97 Å². The molecule has 8 bridgehead atoms. The van der Waals surface area contributed by atoms with E-state index in [1.807, 2.05) is 0 Å². The van der Waals surface area contributed by atoms with Gasteiger partial charge in [-0.15, -0.1) is 0 Å². The topological polar surface area (TPSA) is 57.4 Å². The number of nitrogens with zero attached hydrogens (tertiary/aromatic N) is 2. The molecule has 0 radical (unpaired) electrons. The maximum Gasteiger partial charge on any atom is 0.0726 e. The van der Waals surface area contributed by atoms with Gasteiger partial charge in [0.15, 0.2) is 0 Å². The molecule has 0 amide bonds. The summed E-state index contributed by atoms with van der Waals surface area (Å²) in [5.41, 5.74) is 20.3. The van der Waals surface area contributed by atoms with Crippen molar-refractivity contribution in [1.82, 2.24) is 19.9 Å². The van der Waals surface area contributed by atoms with Crippen molar-refractivity contribution >= 4 is 44.4 Å². The van der Waals surface area contributed by atoms with Gasteiger partial charge in [0.25, 0.3) is 0 Å². The molecule has 0 aliphatic carbocycles. The van der Waals surface area contributed by atoms with Crippen LogP contribution in [0.5, 0.6) is 0 Å². The van der Waals surface area contributed by atoms with Gasteiger partial charge in [-0.2, -0.15) is 0 Å². The van der Waals surface area contributed by atoms with Crippen LogP contribution in [0.3, 0.4) is 0 Å². The van der Waals surface area contributed by atoms with Gasteiger partial charge in [-0.1, -0.05) is 55.4 Å². The summed E-state index contributed by atoms with van der Waals surface area (Å²) in [7, 11) is 0. The van der Waals surface area contributed by atoms with Gasteiger partial charge >= 0.3 is 0 Å². The molecule has 5 heterocycles. The molecular formula is C36H46FeN4. The Balaban J connectivity index is 0.00000387. The first kappa shape index (κ1) is 31.1. The van der Waals surface area contributed by atoms with Gasteiger partial charge < -0.3 is 9.97 Å². The van der Waals surface area contributed by atoms with E-state index in [2.05, 4.69) is 89.6 Å². The van der Waals surface area contributed by atoms with E-state index < -0.39 is 0 Å². The summed E-state index contributed by atoms with van der Waals surface area (Å²) in [5.74, 6) is 0. The van der Waals surface area contributed by atoms with Crippen LogP contribution >= 0.6 is 0 Å². The summed E-state index contributed by atoms with van der Waals surface area (Å²) < 4.78 is 0. The maximum atomic E-state index is 5.57. The fraction of sp³-hybridized carbons (Fsp3) is 0.444. The first-order chi connectivity index (χ1) is 19.5. The van der Waals surface area contributed by atoms with Crippen molar-refractivity contribution in [2.75, 3.05) is 0 Å². The Morgan fingerprint density at radius 1 is 0.488 bits per heavy atom. The molecule has 0 saturated carbocycles. The number of rotatable bonds is 8. The monoisotopic (exact) mass is 590 g/mol. The molecule has 218 valence electrons. The van der Waals surface area contributed by atoms with Crippen LogP contribution < -0.4 is 0 Å². The maximum absolute atomic E-state index is 5.57. The minimum absolute atomic E-state index is 0. The zero-order valence-electron chi connectivity index (χ0n) is 26.2. The SMILES string of the molecule is CCC1=C(CC)c2nc1cc1ccc(cc3[nH]c(c(CC)c4nc(c2CC)C(CC)=C4CC)c(CC)c3CC)[nH]1.[Fe]. The second kappa shape index (κ2) is 13.0. The number of aryl methyl sites for hydroxylation is 3. The summed E-state index contributed by atoms with van der Waals surface area (Å²) in [4.78, 5) is 18.5. The molecule has 0 unspecified atom stereocenters. The van der Waals surface area contributed by atoms with Crippen LogP contribution in [-0.2, 0) is 42.8 Å². The molecule has 2 N–H and O–H groups in total. The minimum Gasteiger partial charge on any atom is -0.355 e. The minimum atomic E-state index is 0. The van der Waals surface area contributed by atoms with Crippen molar-refractivity contribution < 1.29 is 17.1 Å². The molecule has 3 aromatic rings. The van der Waals surface area contributed by atoms with E-state index in [0.29, 0.717) is 0 Å². The Morgan fingerprint density at radius 2 is 0.976 bits per heavy atom. The van der Waals surface area contributed by atoms with Crippen molar-refractivity contribution in [1.29, 1.82) is 0 Å². The molecule has 0 spiro atoms. The first-order valence-electron chi connectivity index (χ1n) is 15.7. The summed E-state index contributed by atoms with van der Waals surface area (Å²) in [6.07, 6.45) is 7.74. The fourth-order valence-electron chi connectivity index (χ4n) is 7.07. The van der Waals surface area contributed by atoms with Crippen molar-refractivity contribution in [2.45, 2.75) is 107 Å². The Kier molecular flexibility index (Phi) is 9.82. The number of hydrogen-bond donors (Lipinski definition) is 2. The molecule has 5 rings (SSSR count). The van der Waals surface area contributed by atoms with E-state index in [1.54, 1.807) is 0 Å². The van der Waals surface area contributed by atoms with E-state index in [0.717, 1.165) is 73.8 Å². The van der Waals surface area contributed by atoms with E-state index in [9.17, 15) is 0 Å². The Morgan fingerprint density at radius 3 is 1.51 bits per heavy atom. The van der Waals surface area contributed by atoms with Crippen LogP contribution in [0.4, 0.5) is 0 Å². The second-order valence-corrected chi connectivity index (χ2v) is 10.9. The zero-order valence-corrected chi connectivity index (χ0v) is 27.3. The van der Waals surface area contributed by atoms with Crippen molar-refractivity contribution in [3.8, 4) is 0 Å². The largest absolute Gasteiger partial charge is 0.355 e. The molecular weight excluding hydrogens is 544 g/mol. The van der Waals surface area contributed by atoms with Crippen LogP contribution in [0.25, 0.3) is 44.4 Å². The molecule has 2 aliphatic heterocycles. The average Bonchev–Trinajstić information content (AvgIpc) is 3.73. The van der Waals surface area contributed by atoms with Gasteiger partial charge in [-0.05, 0) is 109 Å². The van der Waals surface area contributed by atoms with Crippen molar-refractivity contribution in [2.24, 2.45) is 0 Å². The molecule has 41 heavy (non-hydrogen) atoms. The third-order valence-corrected chi connectivity index (χ3v) is 8.91. The molecule has 0 atom stereocenters. The number of H-pyrrole nitrogens is 2. The Labute approximate surface area is 256 Å². The molecule has 0 fully saturated rings. The first-order valence-corrected chi connectivity index (χ1v) is 15.7. The third-order valence-electron chi connectivity index (χ3n) is 8.91. The van der Waals surface area contributed by atoms with E-state index in [4.69, 9.17) is 9.97 Å². The summed E-state index contributed by atoms with van der Waals surface area (Å²) >= 11 is 0. The Hall–Kier alpha value is -2.88. The molecule has 3 aromatic heterocycles. The normalized spacial score (nSPS) is 13.3. The number of allylic oxidation sites excluding steroid dienone is 4. The quantitative estimate of drug-likeness (QED) is 0.257. The summed E-state index contributed by atoms with van der Waals surface area (Å²) in [6, 6.07) is 8.89. The molecule has 4 nitrogen and oxygen atoms in total. The number of aromatic amines is 2. The van der Waals surface area contributed by atoms with Crippen LogP contribution in [-0.4, -0.2) is 19.9 Å². The van der Waals surface area contributed by atoms with E-state index >= 15 is 0 Å². The van der Waals surface area contributed by atoms with Crippen LogP contribution in [0.1, 0.15) is 126 Å². The van der Waals surface area contributed by atoms with Crippen molar-refractivity contribution in [3.63, 3.8) is 0 Å². The fourth-order valence-corrected chi connectivity index (χ4v) is 7.07. The van der Waals surface area contributed by atoms with Gasteiger partial charge in [0.2, 0.25) is 0 Å². The number of hydrogen-bond acceptors (Lipinski definition) is 2. The van der Waals surface area contributed by atoms with Crippen molar-refractivity contribution in [3.05, 3.63) is 69.3 Å².